The molecule has 0 fully saturated rings. The smallest absolute Gasteiger partial charge is 0.336 e. The number of aromatic hydroxyl groups is 1. The number of benzene rings is 1. The minimum atomic E-state index is -0.690. The molecule has 0 saturated heterocycles. The molecule has 1 heterocycles. The topological polar surface area (TPSA) is 103 Å². The van der Waals surface area contributed by atoms with E-state index in [0.717, 1.165) is 0 Å². The first-order chi connectivity index (χ1) is 14.8. The third-order valence-corrected chi connectivity index (χ3v) is 4.78. The van der Waals surface area contributed by atoms with E-state index >= 15 is 0 Å². The summed E-state index contributed by atoms with van der Waals surface area (Å²) in [4.78, 5) is 25.4. The molecule has 0 spiro atoms. The van der Waals surface area contributed by atoms with Gasteiger partial charge in [-0.2, -0.15) is 0 Å². The standard InChI is InChI=1S/C23H29NO7/c1-7-30-22(26)19-13(3)24-14(4)20(23(27)31-8-2)16(19)10-9-15-11-17(28-5)21(25)18(12-15)29-6/h9-12,16,24-25H,7-8H2,1-6H3/b10-9+. The Bertz CT molecular complexity index is 878. The summed E-state index contributed by atoms with van der Waals surface area (Å²) in [6.07, 6.45) is 3.44. The van der Waals surface area contributed by atoms with Crippen molar-refractivity contribution in [2.24, 2.45) is 5.92 Å². The number of dihydropyridines is 1. The molecular formula is C23H29NO7. The summed E-state index contributed by atoms with van der Waals surface area (Å²) in [5, 5.41) is 13.2. The quantitative estimate of drug-likeness (QED) is 0.604. The van der Waals surface area contributed by atoms with E-state index in [9.17, 15) is 14.7 Å². The van der Waals surface area contributed by atoms with E-state index in [0.29, 0.717) is 28.1 Å². The Labute approximate surface area is 182 Å². The number of nitrogens with one attached hydrogen (secondary N) is 1. The van der Waals surface area contributed by atoms with Crippen molar-refractivity contribution in [3.8, 4) is 17.2 Å². The van der Waals surface area contributed by atoms with Gasteiger partial charge in [-0.3, -0.25) is 0 Å². The summed E-state index contributed by atoms with van der Waals surface area (Å²) in [6.45, 7) is 7.36. The summed E-state index contributed by atoms with van der Waals surface area (Å²) < 4.78 is 20.8. The number of allylic oxidation sites excluding steroid dienone is 3. The van der Waals surface area contributed by atoms with Crippen molar-refractivity contribution in [1.82, 2.24) is 5.32 Å². The lowest BCUT2D eigenvalue weighted by molar-refractivity contribution is -0.139. The van der Waals surface area contributed by atoms with Crippen LogP contribution >= 0.6 is 0 Å². The number of phenolic OH excluding ortho intramolecular Hbond substituents is 1. The van der Waals surface area contributed by atoms with Crippen molar-refractivity contribution in [2.45, 2.75) is 27.7 Å². The lowest BCUT2D eigenvalue weighted by atomic mass is 9.84. The molecule has 0 atom stereocenters. The molecule has 2 N–H and O–H groups in total. The van der Waals surface area contributed by atoms with Gasteiger partial charge >= 0.3 is 11.9 Å². The van der Waals surface area contributed by atoms with Gasteiger partial charge in [-0.15, -0.1) is 0 Å². The highest BCUT2D eigenvalue weighted by Crippen LogP contribution is 2.38. The zero-order valence-electron chi connectivity index (χ0n) is 18.7. The van der Waals surface area contributed by atoms with Crippen molar-refractivity contribution < 1.29 is 33.6 Å². The second-order valence-corrected chi connectivity index (χ2v) is 6.75. The molecule has 31 heavy (non-hydrogen) atoms. The fourth-order valence-electron chi connectivity index (χ4n) is 3.41. The van der Waals surface area contributed by atoms with Gasteiger partial charge in [-0.25, -0.2) is 9.59 Å². The Hall–Kier alpha value is -3.42. The van der Waals surface area contributed by atoms with E-state index < -0.39 is 17.9 Å². The van der Waals surface area contributed by atoms with Crippen LogP contribution in [0.15, 0.2) is 40.7 Å². The van der Waals surface area contributed by atoms with Crippen LogP contribution in [0.25, 0.3) is 6.08 Å². The molecule has 0 aliphatic carbocycles. The summed E-state index contributed by atoms with van der Waals surface area (Å²) in [5.41, 5.74) is 2.49. The van der Waals surface area contributed by atoms with Crippen molar-refractivity contribution in [3.05, 3.63) is 46.3 Å². The van der Waals surface area contributed by atoms with E-state index in [4.69, 9.17) is 18.9 Å². The minimum Gasteiger partial charge on any atom is -0.502 e. The van der Waals surface area contributed by atoms with Crippen LogP contribution in [0.1, 0.15) is 33.3 Å². The van der Waals surface area contributed by atoms with E-state index in [1.54, 1.807) is 52.0 Å². The largest absolute Gasteiger partial charge is 0.502 e. The molecule has 1 aromatic carbocycles. The molecule has 0 radical (unpaired) electrons. The Balaban J connectivity index is 2.58. The molecule has 8 nitrogen and oxygen atoms in total. The molecule has 0 amide bonds. The second kappa shape index (κ2) is 10.6. The summed E-state index contributed by atoms with van der Waals surface area (Å²) in [6, 6.07) is 3.24. The van der Waals surface area contributed by atoms with Gasteiger partial charge in [-0.1, -0.05) is 12.2 Å². The first-order valence-corrected chi connectivity index (χ1v) is 9.94. The summed E-state index contributed by atoms with van der Waals surface area (Å²) in [7, 11) is 2.87. The highest BCUT2D eigenvalue weighted by atomic mass is 16.5. The third-order valence-electron chi connectivity index (χ3n) is 4.78. The second-order valence-electron chi connectivity index (χ2n) is 6.75. The van der Waals surface area contributed by atoms with Gasteiger partial charge in [0.25, 0.3) is 0 Å². The monoisotopic (exact) mass is 431 g/mol. The number of methoxy groups -OCH3 is 2. The molecule has 0 unspecified atom stereocenters. The highest BCUT2D eigenvalue weighted by Gasteiger charge is 2.35. The lowest BCUT2D eigenvalue weighted by Gasteiger charge is -2.28. The van der Waals surface area contributed by atoms with E-state index in [2.05, 4.69) is 5.32 Å². The average molecular weight is 431 g/mol. The number of ether oxygens (including phenoxy) is 4. The van der Waals surface area contributed by atoms with Gasteiger partial charge in [0.2, 0.25) is 5.75 Å². The van der Waals surface area contributed by atoms with E-state index in [1.807, 2.05) is 0 Å². The van der Waals surface area contributed by atoms with Gasteiger partial charge in [0, 0.05) is 17.3 Å². The number of hydrogen-bond donors (Lipinski definition) is 2. The van der Waals surface area contributed by atoms with Crippen LogP contribution in [0.5, 0.6) is 17.2 Å². The van der Waals surface area contributed by atoms with Gasteiger partial charge in [-0.05, 0) is 45.4 Å². The van der Waals surface area contributed by atoms with Crippen LogP contribution in [-0.2, 0) is 19.1 Å². The van der Waals surface area contributed by atoms with Crippen LogP contribution in [0.4, 0.5) is 0 Å². The Morgan fingerprint density at radius 2 is 1.42 bits per heavy atom. The molecule has 168 valence electrons. The van der Waals surface area contributed by atoms with Gasteiger partial charge in [0.1, 0.15) is 0 Å². The van der Waals surface area contributed by atoms with Crippen molar-refractivity contribution in [1.29, 1.82) is 0 Å². The highest BCUT2D eigenvalue weighted by molar-refractivity contribution is 5.98. The molecule has 1 aliphatic rings. The predicted molar refractivity (Wildman–Crippen MR) is 116 cm³/mol. The van der Waals surface area contributed by atoms with Gasteiger partial charge < -0.3 is 29.4 Å². The zero-order valence-corrected chi connectivity index (χ0v) is 18.7. The number of carbonyl (C=O) groups excluding carboxylic acids is 2. The number of hydrogen-bond acceptors (Lipinski definition) is 8. The number of carbonyl (C=O) groups is 2. The third kappa shape index (κ3) is 5.20. The maximum absolute atomic E-state index is 12.7. The van der Waals surface area contributed by atoms with Crippen molar-refractivity contribution >= 4 is 18.0 Å². The molecule has 1 aromatic rings. The van der Waals surface area contributed by atoms with Crippen LogP contribution < -0.4 is 14.8 Å². The molecule has 0 saturated carbocycles. The number of phenols is 1. The Morgan fingerprint density at radius 3 is 1.81 bits per heavy atom. The fourth-order valence-corrected chi connectivity index (χ4v) is 3.41. The maximum Gasteiger partial charge on any atom is 0.336 e. The first-order valence-electron chi connectivity index (χ1n) is 9.94. The predicted octanol–water partition coefficient (Wildman–Crippen LogP) is 3.32. The zero-order chi connectivity index (χ0) is 23.1. The fraction of sp³-hybridized carbons (Fsp3) is 0.391. The van der Waals surface area contributed by atoms with Crippen LogP contribution in [0.2, 0.25) is 0 Å². The molecule has 1 aliphatic heterocycles. The minimum absolute atomic E-state index is 0.116. The average Bonchev–Trinajstić information content (AvgIpc) is 2.72. The van der Waals surface area contributed by atoms with Crippen LogP contribution in [0, 0.1) is 5.92 Å². The van der Waals surface area contributed by atoms with Gasteiger partial charge in [0.05, 0.1) is 38.6 Å². The number of rotatable bonds is 8. The Kier molecular flexibility index (Phi) is 8.13. The normalized spacial score (nSPS) is 14.5. The van der Waals surface area contributed by atoms with E-state index in [1.165, 1.54) is 14.2 Å². The molecule has 8 heteroatoms. The molecular weight excluding hydrogens is 402 g/mol. The van der Waals surface area contributed by atoms with Crippen molar-refractivity contribution in [3.63, 3.8) is 0 Å². The maximum atomic E-state index is 12.7. The van der Waals surface area contributed by atoms with Crippen LogP contribution in [0.3, 0.4) is 0 Å². The first kappa shape index (κ1) is 23.9. The molecule has 2 rings (SSSR count). The lowest BCUT2D eigenvalue weighted by Crippen LogP contribution is -2.32. The summed E-state index contributed by atoms with van der Waals surface area (Å²) in [5.74, 6) is -1.37. The van der Waals surface area contributed by atoms with Crippen molar-refractivity contribution in [2.75, 3.05) is 27.4 Å². The van der Waals surface area contributed by atoms with E-state index in [-0.39, 0.29) is 30.5 Å². The molecule has 0 aromatic heterocycles. The Morgan fingerprint density at radius 1 is 0.968 bits per heavy atom. The summed E-state index contributed by atoms with van der Waals surface area (Å²) >= 11 is 0. The van der Waals surface area contributed by atoms with Crippen LogP contribution in [-0.4, -0.2) is 44.5 Å². The molecule has 0 bridgehead atoms. The SMILES string of the molecule is CCOC(=O)C1=C(C)NC(C)=C(C(=O)OCC)C1/C=C/c1cc(OC)c(O)c(OC)c1. The number of esters is 2. The van der Waals surface area contributed by atoms with Gasteiger partial charge in [0.15, 0.2) is 11.5 Å².